The largest absolute Gasteiger partial charge is 0.418 e. The highest BCUT2D eigenvalue weighted by atomic mass is 35.5. The predicted octanol–water partition coefficient (Wildman–Crippen LogP) is 2.31. The molecule has 6 nitrogen and oxygen atoms in total. The van der Waals surface area contributed by atoms with Crippen LogP contribution in [0.15, 0.2) is 18.2 Å². The van der Waals surface area contributed by atoms with Gasteiger partial charge >= 0.3 is 6.18 Å². The molecule has 1 aromatic carbocycles. The Balaban J connectivity index is 2.32. The molecule has 0 fully saturated rings. The van der Waals surface area contributed by atoms with Crippen molar-refractivity contribution in [2.45, 2.75) is 6.18 Å². The van der Waals surface area contributed by atoms with Crippen LogP contribution in [0.4, 0.5) is 24.8 Å². The molecule has 2 aromatic rings. The molecule has 0 saturated heterocycles. The third-order valence-electron chi connectivity index (χ3n) is 2.25. The fourth-order valence-corrected chi connectivity index (χ4v) is 1.59. The van der Waals surface area contributed by atoms with Gasteiger partial charge in [0.1, 0.15) is 0 Å². The lowest BCUT2D eigenvalue weighted by Gasteiger charge is -2.13. The molecule has 2 rings (SSSR count). The van der Waals surface area contributed by atoms with Gasteiger partial charge in [0.25, 0.3) is 5.91 Å². The lowest BCUT2D eigenvalue weighted by Crippen LogP contribution is -2.18. The number of benzene rings is 1. The van der Waals surface area contributed by atoms with Gasteiger partial charge in [0.05, 0.1) is 11.3 Å². The summed E-state index contributed by atoms with van der Waals surface area (Å²) in [6, 6.07) is 2.98. The Morgan fingerprint density at radius 2 is 2.10 bits per heavy atom. The number of halogens is 4. The van der Waals surface area contributed by atoms with Gasteiger partial charge in [-0.15, -0.1) is 5.10 Å². The summed E-state index contributed by atoms with van der Waals surface area (Å²) in [5, 5.41) is 7.56. The highest BCUT2D eigenvalue weighted by Crippen LogP contribution is 2.36. The molecule has 0 spiro atoms. The van der Waals surface area contributed by atoms with Gasteiger partial charge in [-0.3, -0.25) is 9.89 Å². The maximum absolute atomic E-state index is 12.8. The number of H-pyrrole nitrogens is 1. The predicted molar refractivity (Wildman–Crippen MR) is 65.2 cm³/mol. The normalized spacial score (nSPS) is 11.4. The second-order valence-corrected chi connectivity index (χ2v) is 4.12. The van der Waals surface area contributed by atoms with Crippen molar-refractivity contribution in [3.8, 4) is 0 Å². The number of alkyl halides is 3. The summed E-state index contributed by atoms with van der Waals surface area (Å²) in [7, 11) is 0. The van der Waals surface area contributed by atoms with Crippen LogP contribution < -0.4 is 11.1 Å². The molecule has 0 radical (unpaired) electrons. The van der Waals surface area contributed by atoms with Gasteiger partial charge in [-0.1, -0.05) is 11.6 Å². The van der Waals surface area contributed by atoms with E-state index in [0.717, 1.165) is 6.07 Å². The van der Waals surface area contributed by atoms with Gasteiger partial charge in [0, 0.05) is 5.02 Å². The first-order chi connectivity index (χ1) is 9.27. The van der Waals surface area contributed by atoms with Crippen molar-refractivity contribution in [3.63, 3.8) is 0 Å². The summed E-state index contributed by atoms with van der Waals surface area (Å²) >= 11 is 5.52. The number of anilines is 2. The molecule has 1 heterocycles. The number of hydrogen-bond donors (Lipinski definition) is 3. The molecule has 1 amide bonds. The molecule has 0 saturated carbocycles. The summed E-state index contributed by atoms with van der Waals surface area (Å²) in [5.41, 5.74) is 3.69. The van der Waals surface area contributed by atoms with Crippen LogP contribution >= 0.6 is 11.6 Å². The summed E-state index contributed by atoms with van der Waals surface area (Å²) in [6.45, 7) is 0. The number of nitrogen functional groups attached to an aromatic ring is 1. The van der Waals surface area contributed by atoms with E-state index in [2.05, 4.69) is 20.5 Å². The van der Waals surface area contributed by atoms with E-state index < -0.39 is 23.3 Å². The first kappa shape index (κ1) is 14.1. The Kier molecular flexibility index (Phi) is 3.53. The molecule has 0 aliphatic carbocycles. The topological polar surface area (TPSA) is 96.7 Å². The third-order valence-corrected chi connectivity index (χ3v) is 2.49. The van der Waals surface area contributed by atoms with Crippen LogP contribution in [0.3, 0.4) is 0 Å². The summed E-state index contributed by atoms with van der Waals surface area (Å²) in [4.78, 5) is 15.2. The number of nitrogens with two attached hydrogens (primary N) is 1. The molecule has 4 N–H and O–H groups in total. The average Bonchev–Trinajstić information content (AvgIpc) is 2.77. The molecule has 0 atom stereocenters. The second-order valence-electron chi connectivity index (χ2n) is 3.68. The quantitative estimate of drug-likeness (QED) is 0.793. The molecular formula is C10H7ClF3N5O. The number of hydrogen-bond acceptors (Lipinski definition) is 4. The van der Waals surface area contributed by atoms with E-state index in [-0.39, 0.29) is 16.8 Å². The molecule has 0 bridgehead atoms. The van der Waals surface area contributed by atoms with Crippen molar-refractivity contribution in [2.75, 3.05) is 11.1 Å². The van der Waals surface area contributed by atoms with Gasteiger partial charge < -0.3 is 11.1 Å². The van der Waals surface area contributed by atoms with Crippen molar-refractivity contribution in [1.29, 1.82) is 0 Å². The van der Waals surface area contributed by atoms with Crippen LogP contribution in [-0.4, -0.2) is 21.1 Å². The Morgan fingerprint density at radius 3 is 2.65 bits per heavy atom. The SMILES string of the molecule is Nc1n[nH]c(C(=O)Nc2ccc(Cl)cc2C(F)(F)F)n1. The number of nitrogens with zero attached hydrogens (tertiary/aromatic N) is 2. The van der Waals surface area contributed by atoms with E-state index in [4.69, 9.17) is 17.3 Å². The summed E-state index contributed by atoms with van der Waals surface area (Å²) < 4.78 is 38.5. The van der Waals surface area contributed by atoms with Crippen molar-refractivity contribution < 1.29 is 18.0 Å². The smallest absolute Gasteiger partial charge is 0.366 e. The van der Waals surface area contributed by atoms with Crippen molar-refractivity contribution in [1.82, 2.24) is 15.2 Å². The van der Waals surface area contributed by atoms with Gasteiger partial charge in [-0.2, -0.15) is 18.2 Å². The fourth-order valence-electron chi connectivity index (χ4n) is 1.42. The number of nitrogens with one attached hydrogen (secondary N) is 2. The van der Waals surface area contributed by atoms with E-state index in [1.807, 2.05) is 0 Å². The lowest BCUT2D eigenvalue weighted by atomic mass is 10.1. The molecule has 1 aromatic heterocycles. The van der Waals surface area contributed by atoms with E-state index in [0.29, 0.717) is 6.07 Å². The minimum atomic E-state index is -4.66. The number of aromatic amines is 1. The maximum Gasteiger partial charge on any atom is 0.418 e. The first-order valence-electron chi connectivity index (χ1n) is 5.13. The standard InChI is InChI=1S/C10H7ClF3N5O/c11-4-1-2-6(5(3-4)10(12,13)14)16-8(20)7-17-9(15)19-18-7/h1-3H,(H,16,20)(H3,15,17,18,19). The molecular weight excluding hydrogens is 299 g/mol. The van der Waals surface area contributed by atoms with E-state index in [9.17, 15) is 18.0 Å². The number of aromatic nitrogens is 3. The molecule has 20 heavy (non-hydrogen) atoms. The number of rotatable bonds is 2. The van der Waals surface area contributed by atoms with Crippen LogP contribution in [-0.2, 0) is 6.18 Å². The Labute approximate surface area is 115 Å². The van der Waals surface area contributed by atoms with E-state index >= 15 is 0 Å². The minimum absolute atomic E-state index is 0.0979. The highest BCUT2D eigenvalue weighted by molar-refractivity contribution is 6.30. The summed E-state index contributed by atoms with van der Waals surface area (Å²) in [6.07, 6.45) is -4.66. The Bertz CT molecular complexity index is 655. The zero-order valence-corrected chi connectivity index (χ0v) is 10.4. The van der Waals surface area contributed by atoms with Gasteiger partial charge in [0.2, 0.25) is 11.8 Å². The molecule has 0 aliphatic heterocycles. The van der Waals surface area contributed by atoms with Gasteiger partial charge in [-0.25, -0.2) is 0 Å². The zero-order chi connectivity index (χ0) is 14.9. The van der Waals surface area contributed by atoms with E-state index in [1.165, 1.54) is 6.07 Å². The Morgan fingerprint density at radius 1 is 1.40 bits per heavy atom. The van der Waals surface area contributed by atoms with Gasteiger partial charge in [-0.05, 0) is 18.2 Å². The van der Waals surface area contributed by atoms with Crippen LogP contribution in [0.25, 0.3) is 0 Å². The Hall–Kier alpha value is -2.29. The third kappa shape index (κ3) is 2.99. The minimum Gasteiger partial charge on any atom is -0.366 e. The number of carbonyl (C=O) groups excluding carboxylic acids is 1. The van der Waals surface area contributed by atoms with Crippen LogP contribution in [0.1, 0.15) is 16.2 Å². The fraction of sp³-hybridized carbons (Fsp3) is 0.100. The highest BCUT2D eigenvalue weighted by Gasteiger charge is 2.34. The van der Waals surface area contributed by atoms with Crippen LogP contribution in [0.2, 0.25) is 5.02 Å². The van der Waals surface area contributed by atoms with Crippen LogP contribution in [0, 0.1) is 0 Å². The van der Waals surface area contributed by atoms with Crippen molar-refractivity contribution in [2.24, 2.45) is 0 Å². The molecule has 10 heteroatoms. The molecule has 0 unspecified atom stereocenters. The van der Waals surface area contributed by atoms with Crippen molar-refractivity contribution in [3.05, 3.63) is 34.6 Å². The monoisotopic (exact) mass is 305 g/mol. The molecule has 106 valence electrons. The first-order valence-corrected chi connectivity index (χ1v) is 5.51. The number of carbonyl (C=O) groups is 1. The van der Waals surface area contributed by atoms with Crippen molar-refractivity contribution >= 4 is 29.1 Å². The average molecular weight is 306 g/mol. The lowest BCUT2D eigenvalue weighted by molar-refractivity contribution is -0.136. The zero-order valence-electron chi connectivity index (χ0n) is 9.62. The van der Waals surface area contributed by atoms with Crippen LogP contribution in [0.5, 0.6) is 0 Å². The summed E-state index contributed by atoms with van der Waals surface area (Å²) in [5.74, 6) is -1.39. The van der Waals surface area contributed by atoms with E-state index in [1.54, 1.807) is 0 Å². The number of amides is 1. The molecule has 0 aliphatic rings. The second kappa shape index (κ2) is 5.00. The van der Waals surface area contributed by atoms with Gasteiger partial charge in [0.15, 0.2) is 0 Å². The maximum atomic E-state index is 12.8.